The van der Waals surface area contributed by atoms with E-state index in [1.165, 1.54) is 25.1 Å². The van der Waals surface area contributed by atoms with Gasteiger partial charge in [-0.2, -0.15) is 0 Å². The van der Waals surface area contributed by atoms with E-state index in [1.807, 2.05) is 18.5 Å². The zero-order chi connectivity index (χ0) is 10.5. The first-order valence-corrected chi connectivity index (χ1v) is 5.70. The van der Waals surface area contributed by atoms with Crippen molar-refractivity contribution in [2.45, 2.75) is 12.8 Å². The Morgan fingerprint density at radius 3 is 3.13 bits per heavy atom. The molecule has 1 saturated heterocycles. The minimum atomic E-state index is 0.721. The predicted molar refractivity (Wildman–Crippen MR) is 61.5 cm³/mol. The first-order chi connectivity index (χ1) is 7.38. The van der Waals surface area contributed by atoms with Crippen LogP contribution in [-0.2, 0) is 6.42 Å². The van der Waals surface area contributed by atoms with Gasteiger partial charge < -0.3 is 10.6 Å². The van der Waals surface area contributed by atoms with Gasteiger partial charge in [0, 0.05) is 25.5 Å². The Labute approximate surface area is 91.3 Å². The molecule has 2 heterocycles. The van der Waals surface area contributed by atoms with Crippen molar-refractivity contribution in [3.05, 3.63) is 30.1 Å². The number of pyridine rings is 1. The molecule has 1 unspecified atom stereocenters. The summed E-state index contributed by atoms with van der Waals surface area (Å²) in [4.78, 5) is 6.63. The second-order valence-electron chi connectivity index (χ2n) is 4.30. The monoisotopic (exact) mass is 205 g/mol. The lowest BCUT2D eigenvalue weighted by atomic mass is 10.1. The summed E-state index contributed by atoms with van der Waals surface area (Å²) >= 11 is 0. The fourth-order valence-corrected chi connectivity index (χ4v) is 2.14. The van der Waals surface area contributed by atoms with E-state index in [2.05, 4.69) is 16.0 Å². The molecule has 0 aromatic carbocycles. The molecule has 0 bridgehead atoms. The summed E-state index contributed by atoms with van der Waals surface area (Å²) in [6.07, 6.45) is 6.15. The van der Waals surface area contributed by atoms with Gasteiger partial charge in [0.25, 0.3) is 0 Å². The molecule has 0 radical (unpaired) electrons. The van der Waals surface area contributed by atoms with E-state index in [4.69, 9.17) is 5.73 Å². The molecule has 0 saturated carbocycles. The molecule has 1 atom stereocenters. The first-order valence-electron chi connectivity index (χ1n) is 5.70. The number of rotatable bonds is 4. The lowest BCUT2D eigenvalue weighted by Gasteiger charge is -2.15. The van der Waals surface area contributed by atoms with Gasteiger partial charge in [-0.15, -0.1) is 0 Å². The van der Waals surface area contributed by atoms with Gasteiger partial charge in [-0.05, 0) is 43.5 Å². The minimum Gasteiger partial charge on any atom is -0.330 e. The third-order valence-corrected chi connectivity index (χ3v) is 3.14. The Morgan fingerprint density at radius 2 is 2.47 bits per heavy atom. The first kappa shape index (κ1) is 10.6. The molecule has 1 aliphatic heterocycles. The van der Waals surface area contributed by atoms with Crippen molar-refractivity contribution in [2.24, 2.45) is 11.7 Å². The number of hydrogen-bond donors (Lipinski definition) is 1. The summed E-state index contributed by atoms with van der Waals surface area (Å²) in [5.74, 6) is 0.721. The van der Waals surface area contributed by atoms with Crippen LogP contribution in [0.1, 0.15) is 12.0 Å². The summed E-state index contributed by atoms with van der Waals surface area (Å²) < 4.78 is 0. The topological polar surface area (TPSA) is 42.1 Å². The molecule has 0 amide bonds. The SMILES string of the molecule is NCC1CCN(CCc2cccnc2)C1. The maximum absolute atomic E-state index is 5.67. The lowest BCUT2D eigenvalue weighted by molar-refractivity contribution is 0.329. The van der Waals surface area contributed by atoms with Crippen LogP contribution < -0.4 is 5.73 Å². The molecule has 0 spiro atoms. The van der Waals surface area contributed by atoms with E-state index >= 15 is 0 Å². The molecule has 82 valence electrons. The Morgan fingerprint density at radius 1 is 1.53 bits per heavy atom. The fraction of sp³-hybridized carbons (Fsp3) is 0.583. The molecule has 2 rings (SSSR count). The highest BCUT2D eigenvalue weighted by Crippen LogP contribution is 2.14. The van der Waals surface area contributed by atoms with E-state index in [0.717, 1.165) is 25.4 Å². The van der Waals surface area contributed by atoms with Gasteiger partial charge in [0.1, 0.15) is 0 Å². The third kappa shape index (κ3) is 3.01. The maximum atomic E-state index is 5.67. The predicted octanol–water partition coefficient (Wildman–Crippen LogP) is 0.905. The van der Waals surface area contributed by atoms with Gasteiger partial charge in [-0.3, -0.25) is 4.98 Å². The molecule has 1 aromatic heterocycles. The van der Waals surface area contributed by atoms with E-state index in [0.29, 0.717) is 0 Å². The van der Waals surface area contributed by atoms with Gasteiger partial charge in [-0.1, -0.05) is 6.07 Å². The van der Waals surface area contributed by atoms with Crippen molar-refractivity contribution in [2.75, 3.05) is 26.2 Å². The molecule has 1 aromatic rings. The second kappa shape index (κ2) is 5.24. The van der Waals surface area contributed by atoms with E-state index in [1.54, 1.807) is 0 Å². The van der Waals surface area contributed by atoms with E-state index in [9.17, 15) is 0 Å². The number of nitrogens with zero attached hydrogens (tertiary/aromatic N) is 2. The Balaban J connectivity index is 1.75. The summed E-state index contributed by atoms with van der Waals surface area (Å²) in [6, 6.07) is 4.14. The van der Waals surface area contributed by atoms with Crippen molar-refractivity contribution in [1.29, 1.82) is 0 Å². The van der Waals surface area contributed by atoms with Crippen molar-refractivity contribution in [1.82, 2.24) is 9.88 Å². The molecule has 3 heteroatoms. The van der Waals surface area contributed by atoms with Crippen LogP contribution in [0.15, 0.2) is 24.5 Å². The molecule has 15 heavy (non-hydrogen) atoms. The van der Waals surface area contributed by atoms with Gasteiger partial charge in [-0.25, -0.2) is 0 Å². The van der Waals surface area contributed by atoms with Crippen molar-refractivity contribution in [3.63, 3.8) is 0 Å². The van der Waals surface area contributed by atoms with Crippen molar-refractivity contribution in [3.8, 4) is 0 Å². The third-order valence-electron chi connectivity index (χ3n) is 3.14. The van der Waals surface area contributed by atoms with Crippen molar-refractivity contribution >= 4 is 0 Å². The number of likely N-dealkylation sites (tertiary alicyclic amines) is 1. The van der Waals surface area contributed by atoms with Crippen LogP contribution in [-0.4, -0.2) is 36.1 Å². The van der Waals surface area contributed by atoms with Crippen LogP contribution in [0.3, 0.4) is 0 Å². The highest BCUT2D eigenvalue weighted by molar-refractivity contribution is 5.08. The molecule has 3 nitrogen and oxygen atoms in total. The standard InChI is InChI=1S/C12H19N3/c13-8-12-4-7-15(10-12)6-3-11-2-1-5-14-9-11/h1-2,5,9,12H,3-4,6-8,10,13H2. The largest absolute Gasteiger partial charge is 0.330 e. The van der Waals surface area contributed by atoms with Gasteiger partial charge in [0.05, 0.1) is 0 Å². The fourth-order valence-electron chi connectivity index (χ4n) is 2.14. The van der Waals surface area contributed by atoms with Crippen LogP contribution in [0.25, 0.3) is 0 Å². The van der Waals surface area contributed by atoms with Crippen LogP contribution in [0.5, 0.6) is 0 Å². The Hall–Kier alpha value is -0.930. The Kier molecular flexibility index (Phi) is 3.69. The summed E-state index contributed by atoms with van der Waals surface area (Å²) in [5.41, 5.74) is 6.99. The quantitative estimate of drug-likeness (QED) is 0.794. The average molecular weight is 205 g/mol. The highest BCUT2D eigenvalue weighted by atomic mass is 15.1. The van der Waals surface area contributed by atoms with Crippen molar-refractivity contribution < 1.29 is 0 Å². The lowest BCUT2D eigenvalue weighted by Crippen LogP contribution is -2.25. The van der Waals surface area contributed by atoms with Crippen LogP contribution in [0.2, 0.25) is 0 Å². The summed E-state index contributed by atoms with van der Waals surface area (Å²) in [7, 11) is 0. The Bertz CT molecular complexity index is 286. The van der Waals surface area contributed by atoms with Crippen LogP contribution in [0.4, 0.5) is 0 Å². The molecule has 1 fully saturated rings. The molecular weight excluding hydrogens is 186 g/mol. The molecular formula is C12H19N3. The second-order valence-corrected chi connectivity index (χ2v) is 4.30. The van der Waals surface area contributed by atoms with E-state index < -0.39 is 0 Å². The zero-order valence-corrected chi connectivity index (χ0v) is 9.10. The summed E-state index contributed by atoms with van der Waals surface area (Å²) in [5, 5.41) is 0. The average Bonchev–Trinajstić information content (AvgIpc) is 2.76. The normalized spacial score (nSPS) is 22.1. The van der Waals surface area contributed by atoms with Crippen LogP contribution in [0, 0.1) is 5.92 Å². The smallest absolute Gasteiger partial charge is 0.0300 e. The highest BCUT2D eigenvalue weighted by Gasteiger charge is 2.20. The van der Waals surface area contributed by atoms with Gasteiger partial charge >= 0.3 is 0 Å². The summed E-state index contributed by atoms with van der Waals surface area (Å²) in [6.45, 7) is 4.37. The number of hydrogen-bond acceptors (Lipinski definition) is 3. The molecule has 0 aliphatic carbocycles. The van der Waals surface area contributed by atoms with E-state index in [-0.39, 0.29) is 0 Å². The number of aromatic nitrogens is 1. The van der Waals surface area contributed by atoms with Gasteiger partial charge in [0.2, 0.25) is 0 Å². The van der Waals surface area contributed by atoms with Crippen LogP contribution >= 0.6 is 0 Å². The maximum Gasteiger partial charge on any atom is 0.0300 e. The minimum absolute atomic E-state index is 0.721. The zero-order valence-electron chi connectivity index (χ0n) is 9.10. The van der Waals surface area contributed by atoms with Gasteiger partial charge in [0.15, 0.2) is 0 Å². The molecule has 1 aliphatic rings. The number of nitrogens with two attached hydrogens (primary N) is 1. The molecule has 2 N–H and O–H groups in total.